The zero-order valence-electron chi connectivity index (χ0n) is 8.43. The number of nitrogens with zero attached hydrogens (tertiary/aromatic N) is 1. The lowest BCUT2D eigenvalue weighted by atomic mass is 10.3. The van der Waals surface area contributed by atoms with Crippen LogP contribution in [0.15, 0.2) is 29.2 Å². The minimum Gasteiger partial charge on any atom is -0.316 e. The summed E-state index contributed by atoms with van der Waals surface area (Å²) >= 11 is 0. The summed E-state index contributed by atoms with van der Waals surface area (Å²) in [5.74, 6) is 2.42. The number of nitrogens with one attached hydrogen (secondary N) is 1. The minimum atomic E-state index is 0. The number of hydrogen-bond donors (Lipinski definition) is 1. The number of aromatic nitrogens is 1. The van der Waals surface area contributed by atoms with Crippen LogP contribution in [0.5, 0.6) is 0 Å². The molecule has 2 atom stereocenters. The molecule has 2 heterocycles. The normalized spacial score (nSPS) is 31.9. The fraction of sp³-hybridized carbons (Fsp3) is 0.545. The van der Waals surface area contributed by atoms with Crippen molar-refractivity contribution in [2.24, 2.45) is 17.8 Å². The lowest BCUT2D eigenvalue weighted by molar-refractivity contribution is 0.507. The highest BCUT2D eigenvalue weighted by Gasteiger charge is 2.52. The highest BCUT2D eigenvalue weighted by atomic mass is 35.5. The van der Waals surface area contributed by atoms with Crippen molar-refractivity contribution >= 4 is 12.4 Å². The van der Waals surface area contributed by atoms with Gasteiger partial charge >= 0.3 is 0 Å². The molecule has 3 nitrogen and oxygen atoms in total. The third-order valence-electron chi connectivity index (χ3n) is 3.58. The molecule has 3 rings (SSSR count). The van der Waals surface area contributed by atoms with Crippen molar-refractivity contribution in [3.63, 3.8) is 0 Å². The van der Waals surface area contributed by atoms with E-state index in [-0.39, 0.29) is 18.0 Å². The van der Waals surface area contributed by atoms with Crippen molar-refractivity contribution in [2.75, 3.05) is 13.1 Å². The number of hydrogen-bond acceptors (Lipinski definition) is 2. The van der Waals surface area contributed by atoms with Gasteiger partial charge in [-0.3, -0.25) is 4.79 Å². The highest BCUT2D eigenvalue weighted by Crippen LogP contribution is 2.49. The van der Waals surface area contributed by atoms with Crippen LogP contribution in [-0.2, 0) is 6.54 Å². The molecule has 1 aromatic heterocycles. The van der Waals surface area contributed by atoms with E-state index >= 15 is 0 Å². The van der Waals surface area contributed by atoms with Crippen molar-refractivity contribution in [3.8, 4) is 0 Å². The van der Waals surface area contributed by atoms with E-state index in [0.717, 1.165) is 37.4 Å². The fourth-order valence-electron chi connectivity index (χ4n) is 2.66. The highest BCUT2D eigenvalue weighted by molar-refractivity contribution is 5.85. The lowest BCUT2D eigenvalue weighted by Crippen LogP contribution is -2.22. The lowest BCUT2D eigenvalue weighted by Gasteiger charge is -2.06. The van der Waals surface area contributed by atoms with E-state index in [0.29, 0.717) is 0 Å². The van der Waals surface area contributed by atoms with E-state index in [9.17, 15) is 4.79 Å². The molecular weight excluding hydrogens is 212 g/mol. The molecule has 1 aromatic rings. The van der Waals surface area contributed by atoms with Gasteiger partial charge < -0.3 is 9.88 Å². The van der Waals surface area contributed by atoms with E-state index in [1.165, 1.54) is 0 Å². The standard InChI is InChI=1S/C11H14N2O.ClH/c14-11-3-1-2-4-13(11)7-10-8-5-12-6-9(8)10;/h1-4,8-10,12H,5-7H2;1H. The van der Waals surface area contributed by atoms with Crippen molar-refractivity contribution in [3.05, 3.63) is 34.7 Å². The van der Waals surface area contributed by atoms with Crippen molar-refractivity contribution in [2.45, 2.75) is 6.54 Å². The monoisotopic (exact) mass is 226 g/mol. The Kier molecular flexibility index (Phi) is 2.85. The third kappa shape index (κ3) is 1.82. The van der Waals surface area contributed by atoms with Gasteiger partial charge in [-0.15, -0.1) is 12.4 Å². The maximum Gasteiger partial charge on any atom is 0.250 e. The molecule has 2 unspecified atom stereocenters. The zero-order chi connectivity index (χ0) is 9.54. The summed E-state index contributed by atoms with van der Waals surface area (Å²) in [6.07, 6.45) is 1.89. The van der Waals surface area contributed by atoms with E-state index in [2.05, 4.69) is 5.32 Å². The molecule has 1 N–H and O–H groups in total. The van der Waals surface area contributed by atoms with Crippen LogP contribution >= 0.6 is 12.4 Å². The van der Waals surface area contributed by atoms with Crippen molar-refractivity contribution < 1.29 is 0 Å². The molecule has 1 saturated heterocycles. The average molecular weight is 227 g/mol. The van der Waals surface area contributed by atoms with Crippen molar-refractivity contribution in [1.82, 2.24) is 9.88 Å². The van der Waals surface area contributed by atoms with Gasteiger partial charge in [-0.2, -0.15) is 0 Å². The van der Waals surface area contributed by atoms with Crippen LogP contribution < -0.4 is 10.9 Å². The van der Waals surface area contributed by atoms with Crippen LogP contribution in [0, 0.1) is 17.8 Å². The second-order valence-electron chi connectivity index (χ2n) is 4.34. The van der Waals surface area contributed by atoms with E-state index < -0.39 is 0 Å². The van der Waals surface area contributed by atoms with Gasteiger partial charge in [0.2, 0.25) is 0 Å². The second-order valence-corrected chi connectivity index (χ2v) is 4.34. The van der Waals surface area contributed by atoms with E-state index in [1.54, 1.807) is 12.1 Å². The van der Waals surface area contributed by atoms with Crippen LogP contribution in [0.4, 0.5) is 0 Å². The van der Waals surface area contributed by atoms with Gasteiger partial charge in [0.1, 0.15) is 0 Å². The Morgan fingerprint density at radius 1 is 1.33 bits per heavy atom. The molecule has 4 heteroatoms. The van der Waals surface area contributed by atoms with E-state index in [4.69, 9.17) is 0 Å². The molecule has 15 heavy (non-hydrogen) atoms. The topological polar surface area (TPSA) is 34.0 Å². The maximum absolute atomic E-state index is 11.4. The second kappa shape index (κ2) is 3.99. The molecule has 0 amide bonds. The van der Waals surface area contributed by atoms with E-state index in [1.807, 2.05) is 16.8 Å². The molecule has 0 bridgehead atoms. The summed E-state index contributed by atoms with van der Waals surface area (Å²) in [4.78, 5) is 11.4. The number of halogens is 1. The molecule has 0 spiro atoms. The molecule has 1 aliphatic carbocycles. The Morgan fingerprint density at radius 3 is 2.73 bits per heavy atom. The smallest absolute Gasteiger partial charge is 0.250 e. The SMILES string of the molecule is Cl.O=c1ccccn1CC1C2CNCC21. The number of fused-ring (bicyclic) bond motifs is 1. The zero-order valence-corrected chi connectivity index (χ0v) is 9.24. The van der Waals surface area contributed by atoms with Gasteiger partial charge in [0.25, 0.3) is 5.56 Å². The van der Waals surface area contributed by atoms with Gasteiger partial charge in [-0.1, -0.05) is 6.07 Å². The Bertz CT molecular complexity index is 394. The Morgan fingerprint density at radius 2 is 2.07 bits per heavy atom. The third-order valence-corrected chi connectivity index (χ3v) is 3.58. The maximum atomic E-state index is 11.4. The van der Waals surface area contributed by atoms with Gasteiger partial charge in [-0.25, -0.2) is 0 Å². The first kappa shape index (κ1) is 10.7. The van der Waals surface area contributed by atoms with Gasteiger partial charge in [-0.05, 0) is 36.9 Å². The predicted molar refractivity (Wildman–Crippen MR) is 61.3 cm³/mol. The summed E-state index contributed by atoms with van der Waals surface area (Å²) in [6.45, 7) is 3.21. The molecule has 1 aliphatic heterocycles. The number of pyridine rings is 1. The molecule has 1 saturated carbocycles. The summed E-state index contributed by atoms with van der Waals surface area (Å²) in [5, 5.41) is 3.36. The summed E-state index contributed by atoms with van der Waals surface area (Å²) < 4.78 is 1.84. The Labute approximate surface area is 94.9 Å². The summed E-state index contributed by atoms with van der Waals surface area (Å²) in [5.41, 5.74) is 0.130. The van der Waals surface area contributed by atoms with Crippen LogP contribution in [0.25, 0.3) is 0 Å². The quantitative estimate of drug-likeness (QED) is 0.807. The molecule has 0 aromatic carbocycles. The number of piperidine rings is 1. The number of rotatable bonds is 2. The molecular formula is C11H15ClN2O. The van der Waals surface area contributed by atoms with Crippen LogP contribution in [-0.4, -0.2) is 17.7 Å². The van der Waals surface area contributed by atoms with Gasteiger partial charge in [0.15, 0.2) is 0 Å². The van der Waals surface area contributed by atoms with Gasteiger partial charge in [0.05, 0.1) is 0 Å². The Hall–Kier alpha value is -0.800. The molecule has 0 radical (unpaired) electrons. The molecule has 2 aliphatic rings. The van der Waals surface area contributed by atoms with Crippen LogP contribution in [0.3, 0.4) is 0 Å². The predicted octanol–water partition coefficient (Wildman–Crippen LogP) is 0.735. The summed E-state index contributed by atoms with van der Waals surface area (Å²) in [7, 11) is 0. The first-order valence-corrected chi connectivity index (χ1v) is 5.22. The molecule has 2 fully saturated rings. The summed E-state index contributed by atoms with van der Waals surface area (Å²) in [6, 6.07) is 5.36. The Balaban J connectivity index is 0.000000853. The largest absolute Gasteiger partial charge is 0.316 e. The van der Waals surface area contributed by atoms with Crippen LogP contribution in [0.2, 0.25) is 0 Å². The first-order valence-electron chi connectivity index (χ1n) is 5.22. The average Bonchev–Trinajstić information content (AvgIpc) is 2.64. The molecule has 82 valence electrons. The fourth-order valence-corrected chi connectivity index (χ4v) is 2.66. The first-order chi connectivity index (χ1) is 6.86. The van der Waals surface area contributed by atoms with Gasteiger partial charge in [0, 0.05) is 18.8 Å². The minimum absolute atomic E-state index is 0. The van der Waals surface area contributed by atoms with Crippen LogP contribution in [0.1, 0.15) is 0 Å². The van der Waals surface area contributed by atoms with Crippen molar-refractivity contribution in [1.29, 1.82) is 0 Å².